The summed E-state index contributed by atoms with van der Waals surface area (Å²) in [6.07, 6.45) is 3.92. The van der Waals surface area contributed by atoms with E-state index in [1.807, 2.05) is 0 Å². The highest BCUT2D eigenvalue weighted by atomic mass is 35.5. The van der Waals surface area contributed by atoms with Crippen LogP contribution in [0.2, 0.25) is 5.02 Å². The van der Waals surface area contributed by atoms with E-state index in [4.69, 9.17) is 21.1 Å². The minimum absolute atomic E-state index is 0.0593. The number of aromatic amines is 1. The highest BCUT2D eigenvalue weighted by molar-refractivity contribution is 7.92. The SMILES string of the molecule is COc1ncc(Cl)cc1S(=O)(=O)Nc1nccc(C#Cc2cnc3[nH]nc(OC)c3c2)c1F. The first-order valence-corrected chi connectivity index (χ1v) is 11.0. The third kappa shape index (κ3) is 4.50. The van der Waals surface area contributed by atoms with Crippen molar-refractivity contribution in [3.05, 3.63) is 58.8 Å². The van der Waals surface area contributed by atoms with Crippen molar-refractivity contribution in [1.82, 2.24) is 25.1 Å². The Morgan fingerprint density at radius 1 is 1.09 bits per heavy atom. The Kier molecular flexibility index (Phi) is 5.99. The van der Waals surface area contributed by atoms with Gasteiger partial charge in [-0.25, -0.2) is 27.8 Å². The van der Waals surface area contributed by atoms with E-state index < -0.39 is 21.7 Å². The molecule has 33 heavy (non-hydrogen) atoms. The maximum Gasteiger partial charge on any atom is 0.268 e. The molecule has 0 saturated heterocycles. The predicted molar refractivity (Wildman–Crippen MR) is 117 cm³/mol. The average molecular weight is 489 g/mol. The van der Waals surface area contributed by atoms with Crippen molar-refractivity contribution in [2.24, 2.45) is 0 Å². The van der Waals surface area contributed by atoms with Gasteiger partial charge in [0.05, 0.1) is 30.2 Å². The van der Waals surface area contributed by atoms with E-state index in [0.717, 1.165) is 6.07 Å². The fourth-order valence-corrected chi connectivity index (χ4v) is 4.17. The Hall–Kier alpha value is -3.95. The molecule has 10 nitrogen and oxygen atoms in total. The predicted octanol–water partition coefficient (Wildman–Crippen LogP) is 2.76. The Bertz CT molecular complexity index is 1530. The molecule has 0 radical (unpaired) electrons. The number of anilines is 1. The number of ether oxygens (including phenoxy) is 2. The summed E-state index contributed by atoms with van der Waals surface area (Å²) in [6.45, 7) is 0. The van der Waals surface area contributed by atoms with Crippen molar-refractivity contribution in [3.63, 3.8) is 0 Å². The number of sulfonamides is 1. The zero-order valence-corrected chi connectivity index (χ0v) is 18.6. The van der Waals surface area contributed by atoms with E-state index in [-0.39, 0.29) is 21.4 Å². The van der Waals surface area contributed by atoms with Crippen LogP contribution < -0.4 is 14.2 Å². The molecule has 168 valence electrons. The summed E-state index contributed by atoms with van der Waals surface area (Å²) in [5, 5.41) is 7.34. The lowest BCUT2D eigenvalue weighted by molar-refractivity contribution is 0.385. The third-order valence-electron chi connectivity index (χ3n) is 4.30. The molecule has 4 aromatic heterocycles. The number of hydrogen-bond acceptors (Lipinski definition) is 8. The van der Waals surface area contributed by atoms with Gasteiger partial charge in [0.15, 0.2) is 22.2 Å². The number of hydrogen-bond donors (Lipinski definition) is 2. The van der Waals surface area contributed by atoms with Crippen LogP contribution in [0.5, 0.6) is 11.8 Å². The first kappa shape index (κ1) is 22.3. The summed E-state index contributed by atoms with van der Waals surface area (Å²) >= 11 is 5.85. The van der Waals surface area contributed by atoms with Crippen LogP contribution in [0, 0.1) is 17.7 Å². The van der Waals surface area contributed by atoms with Crippen molar-refractivity contribution in [1.29, 1.82) is 0 Å². The number of pyridine rings is 3. The second-order valence-corrected chi connectivity index (χ2v) is 8.48. The van der Waals surface area contributed by atoms with E-state index in [9.17, 15) is 12.8 Å². The van der Waals surface area contributed by atoms with Crippen LogP contribution in [0.15, 0.2) is 41.7 Å². The summed E-state index contributed by atoms with van der Waals surface area (Å²) in [5.74, 6) is 4.06. The fourth-order valence-electron chi connectivity index (χ4n) is 2.79. The van der Waals surface area contributed by atoms with E-state index in [1.54, 1.807) is 6.07 Å². The Morgan fingerprint density at radius 2 is 1.88 bits per heavy atom. The second-order valence-electron chi connectivity index (χ2n) is 6.39. The van der Waals surface area contributed by atoms with Gasteiger partial charge in [0.25, 0.3) is 10.0 Å². The van der Waals surface area contributed by atoms with Crippen LogP contribution in [0.25, 0.3) is 11.0 Å². The zero-order valence-electron chi connectivity index (χ0n) is 17.1. The number of aromatic nitrogens is 5. The van der Waals surface area contributed by atoms with Gasteiger partial charge in [0, 0.05) is 24.2 Å². The standard InChI is InChI=1S/C20H14ClFN6O4S/c1-31-19-14-7-11(9-24-17(14)26-27-19)3-4-12-5-6-23-18(16(12)22)28-33(29,30)15-8-13(21)10-25-20(15)32-2/h5-10H,1-2H3,(H,23,28)(H,24,26,27). The van der Waals surface area contributed by atoms with E-state index in [0.29, 0.717) is 22.5 Å². The molecule has 4 aromatic rings. The van der Waals surface area contributed by atoms with Gasteiger partial charge >= 0.3 is 0 Å². The van der Waals surface area contributed by atoms with E-state index in [1.165, 1.54) is 38.9 Å². The smallest absolute Gasteiger partial charge is 0.268 e. The molecule has 0 unspecified atom stereocenters. The van der Waals surface area contributed by atoms with Crippen molar-refractivity contribution >= 4 is 38.5 Å². The number of halogens is 2. The molecular weight excluding hydrogens is 475 g/mol. The number of methoxy groups -OCH3 is 2. The lowest BCUT2D eigenvalue weighted by Crippen LogP contribution is -2.17. The largest absolute Gasteiger partial charge is 0.480 e. The molecule has 2 N–H and O–H groups in total. The summed E-state index contributed by atoms with van der Waals surface area (Å²) in [4.78, 5) is 11.4. The molecule has 0 fully saturated rings. The maximum absolute atomic E-state index is 15.0. The molecule has 0 aliphatic heterocycles. The summed E-state index contributed by atoms with van der Waals surface area (Å²) < 4.78 is 52.7. The number of nitrogens with one attached hydrogen (secondary N) is 2. The van der Waals surface area contributed by atoms with Crippen LogP contribution in [0.3, 0.4) is 0 Å². The van der Waals surface area contributed by atoms with Crippen molar-refractivity contribution in [3.8, 4) is 23.6 Å². The fraction of sp³-hybridized carbons (Fsp3) is 0.100. The van der Waals surface area contributed by atoms with Crippen molar-refractivity contribution in [2.45, 2.75) is 4.90 Å². The quantitative estimate of drug-likeness (QED) is 0.410. The lowest BCUT2D eigenvalue weighted by atomic mass is 10.2. The van der Waals surface area contributed by atoms with Crippen LogP contribution >= 0.6 is 11.6 Å². The van der Waals surface area contributed by atoms with Gasteiger partial charge in [-0.15, -0.1) is 5.10 Å². The minimum Gasteiger partial charge on any atom is -0.480 e. The molecule has 0 bridgehead atoms. The van der Waals surface area contributed by atoms with Gasteiger partial charge in [0.2, 0.25) is 11.8 Å². The molecule has 0 aliphatic carbocycles. The number of fused-ring (bicyclic) bond motifs is 1. The molecular formula is C20H14ClFN6O4S. The Morgan fingerprint density at radius 3 is 2.64 bits per heavy atom. The molecule has 0 saturated carbocycles. The highest BCUT2D eigenvalue weighted by Gasteiger charge is 2.24. The van der Waals surface area contributed by atoms with Gasteiger partial charge in [0.1, 0.15) is 0 Å². The molecule has 0 aliphatic rings. The molecule has 13 heteroatoms. The van der Waals surface area contributed by atoms with Crippen LogP contribution in [0.1, 0.15) is 11.1 Å². The van der Waals surface area contributed by atoms with Crippen LogP contribution in [0.4, 0.5) is 10.2 Å². The lowest BCUT2D eigenvalue weighted by Gasteiger charge is -2.11. The summed E-state index contributed by atoms with van der Waals surface area (Å²) in [6, 6.07) is 4.12. The number of H-pyrrole nitrogens is 1. The van der Waals surface area contributed by atoms with Crippen molar-refractivity contribution < 1.29 is 22.3 Å². The van der Waals surface area contributed by atoms with Gasteiger partial charge in [-0.05, 0) is 18.2 Å². The van der Waals surface area contributed by atoms with Gasteiger partial charge in [-0.2, -0.15) is 0 Å². The monoisotopic (exact) mass is 488 g/mol. The number of nitrogens with zero attached hydrogens (tertiary/aromatic N) is 4. The molecule has 0 spiro atoms. The maximum atomic E-state index is 15.0. The molecule has 0 atom stereocenters. The van der Waals surface area contributed by atoms with Crippen LogP contribution in [-0.2, 0) is 10.0 Å². The third-order valence-corrected chi connectivity index (χ3v) is 5.84. The first-order valence-electron chi connectivity index (χ1n) is 9.09. The minimum atomic E-state index is -4.32. The topological polar surface area (TPSA) is 132 Å². The van der Waals surface area contributed by atoms with E-state index in [2.05, 4.69) is 41.7 Å². The average Bonchev–Trinajstić information content (AvgIpc) is 3.22. The van der Waals surface area contributed by atoms with Gasteiger partial charge in [-0.3, -0.25) is 9.82 Å². The second kappa shape index (κ2) is 8.89. The molecule has 0 amide bonds. The Labute approximate surface area is 192 Å². The number of rotatable bonds is 5. The molecule has 4 heterocycles. The van der Waals surface area contributed by atoms with Gasteiger partial charge < -0.3 is 9.47 Å². The van der Waals surface area contributed by atoms with Crippen molar-refractivity contribution in [2.75, 3.05) is 18.9 Å². The molecule has 0 aromatic carbocycles. The highest BCUT2D eigenvalue weighted by Crippen LogP contribution is 2.27. The molecule has 4 rings (SSSR count). The Balaban J connectivity index is 1.66. The zero-order chi connectivity index (χ0) is 23.6. The van der Waals surface area contributed by atoms with E-state index >= 15 is 0 Å². The summed E-state index contributed by atoms with van der Waals surface area (Å²) in [5.41, 5.74) is 0.892. The summed E-state index contributed by atoms with van der Waals surface area (Å²) in [7, 11) is -1.60. The first-order chi connectivity index (χ1) is 15.8. The normalized spacial score (nSPS) is 11.0. The van der Waals surface area contributed by atoms with Crippen LogP contribution in [-0.4, -0.2) is 47.8 Å². The van der Waals surface area contributed by atoms with Gasteiger partial charge in [-0.1, -0.05) is 23.4 Å².